The highest BCUT2D eigenvalue weighted by atomic mass is 16.5. The molecule has 7 heteroatoms. The van der Waals surface area contributed by atoms with Crippen molar-refractivity contribution in [1.82, 2.24) is 9.97 Å². The Balaban J connectivity index is 2.49. The van der Waals surface area contributed by atoms with E-state index in [1.54, 1.807) is 0 Å². The Morgan fingerprint density at radius 1 is 1.48 bits per heavy atom. The molecule has 0 aromatic carbocycles. The van der Waals surface area contributed by atoms with Gasteiger partial charge < -0.3 is 20.7 Å². The predicted molar refractivity (Wildman–Crippen MR) is 81.6 cm³/mol. The normalized spacial score (nSPS) is 18.9. The van der Waals surface area contributed by atoms with E-state index in [0.717, 1.165) is 23.0 Å². The first-order valence-corrected chi connectivity index (χ1v) is 7.15. The summed E-state index contributed by atoms with van der Waals surface area (Å²) < 4.78 is 5.37. The lowest BCUT2D eigenvalue weighted by molar-refractivity contribution is -0.121. The van der Waals surface area contributed by atoms with Crippen LogP contribution in [0.1, 0.15) is 31.2 Å². The van der Waals surface area contributed by atoms with Crippen LogP contribution in [0.15, 0.2) is 0 Å². The van der Waals surface area contributed by atoms with Gasteiger partial charge in [0.25, 0.3) is 0 Å². The fraction of sp³-hybridized carbons (Fsp3) is 0.643. The number of nitrogens with zero attached hydrogens (tertiary/aromatic N) is 3. The van der Waals surface area contributed by atoms with Gasteiger partial charge >= 0.3 is 0 Å². The standard InChI is InChI=1S/C14H23N5O2/c1-8(2)12-17-13(16-4)9(3)14(18-12)19-5-6-21-7-10(19)11(15)20/h8,10H,5-7H2,1-4H3,(H2,15,20)(H,16,17,18). The largest absolute Gasteiger partial charge is 0.377 e. The number of hydrogen-bond acceptors (Lipinski definition) is 6. The number of anilines is 2. The van der Waals surface area contributed by atoms with Gasteiger partial charge in [-0.2, -0.15) is 0 Å². The van der Waals surface area contributed by atoms with Crippen molar-refractivity contribution >= 4 is 17.5 Å². The topological polar surface area (TPSA) is 93.4 Å². The Morgan fingerprint density at radius 2 is 2.19 bits per heavy atom. The summed E-state index contributed by atoms with van der Waals surface area (Å²) in [6.07, 6.45) is 0. The molecule has 1 unspecified atom stereocenters. The van der Waals surface area contributed by atoms with E-state index in [0.29, 0.717) is 19.8 Å². The van der Waals surface area contributed by atoms with E-state index >= 15 is 0 Å². The highest BCUT2D eigenvalue weighted by Crippen LogP contribution is 2.28. The number of nitrogens with one attached hydrogen (secondary N) is 1. The zero-order chi connectivity index (χ0) is 15.6. The number of hydrogen-bond donors (Lipinski definition) is 2. The molecule has 116 valence electrons. The molecule has 1 aliphatic heterocycles. The molecule has 1 amide bonds. The van der Waals surface area contributed by atoms with Gasteiger partial charge in [0.2, 0.25) is 5.91 Å². The van der Waals surface area contributed by atoms with Gasteiger partial charge in [-0.15, -0.1) is 0 Å². The van der Waals surface area contributed by atoms with Crippen LogP contribution in [0.3, 0.4) is 0 Å². The minimum atomic E-state index is -0.489. The van der Waals surface area contributed by atoms with Gasteiger partial charge in [0.05, 0.1) is 13.2 Å². The van der Waals surface area contributed by atoms with Gasteiger partial charge in [0, 0.05) is 25.1 Å². The van der Waals surface area contributed by atoms with Crippen LogP contribution in [0, 0.1) is 6.92 Å². The molecule has 2 rings (SSSR count). The molecular formula is C14H23N5O2. The summed E-state index contributed by atoms with van der Waals surface area (Å²) in [6.45, 7) is 7.46. The van der Waals surface area contributed by atoms with Crippen molar-refractivity contribution in [3.8, 4) is 0 Å². The second-order valence-electron chi connectivity index (χ2n) is 5.47. The molecule has 0 bridgehead atoms. The molecule has 7 nitrogen and oxygen atoms in total. The number of primary amides is 1. The zero-order valence-electron chi connectivity index (χ0n) is 13.0. The Labute approximate surface area is 124 Å². The maximum absolute atomic E-state index is 11.7. The number of carbonyl (C=O) groups excluding carboxylic acids is 1. The first-order chi connectivity index (χ1) is 9.95. The van der Waals surface area contributed by atoms with Crippen molar-refractivity contribution in [1.29, 1.82) is 0 Å². The van der Waals surface area contributed by atoms with Gasteiger partial charge in [0.15, 0.2) is 0 Å². The van der Waals surface area contributed by atoms with Crippen LogP contribution in [0.2, 0.25) is 0 Å². The van der Waals surface area contributed by atoms with Crippen LogP contribution in [0.5, 0.6) is 0 Å². The highest BCUT2D eigenvalue weighted by Gasteiger charge is 2.31. The number of carbonyl (C=O) groups is 1. The third kappa shape index (κ3) is 3.07. The molecule has 0 radical (unpaired) electrons. The Bertz CT molecular complexity index is 532. The molecule has 2 heterocycles. The molecule has 3 N–H and O–H groups in total. The van der Waals surface area contributed by atoms with E-state index in [2.05, 4.69) is 15.3 Å². The van der Waals surface area contributed by atoms with Crippen LogP contribution in [-0.2, 0) is 9.53 Å². The van der Waals surface area contributed by atoms with Crippen molar-refractivity contribution in [2.45, 2.75) is 32.7 Å². The average molecular weight is 293 g/mol. The lowest BCUT2D eigenvalue weighted by Gasteiger charge is -2.35. The van der Waals surface area contributed by atoms with Gasteiger partial charge in [-0.25, -0.2) is 9.97 Å². The summed E-state index contributed by atoms with van der Waals surface area (Å²) in [6, 6.07) is -0.489. The first-order valence-electron chi connectivity index (χ1n) is 7.15. The van der Waals surface area contributed by atoms with Crippen molar-refractivity contribution in [2.75, 3.05) is 37.0 Å². The van der Waals surface area contributed by atoms with Gasteiger partial charge in [0.1, 0.15) is 23.5 Å². The zero-order valence-corrected chi connectivity index (χ0v) is 13.0. The molecule has 1 atom stereocenters. The van der Waals surface area contributed by atoms with Crippen LogP contribution >= 0.6 is 0 Å². The summed E-state index contributed by atoms with van der Waals surface area (Å²) in [5, 5.41) is 3.09. The number of amides is 1. The lowest BCUT2D eigenvalue weighted by atomic mass is 10.1. The van der Waals surface area contributed by atoms with Gasteiger partial charge in [-0.05, 0) is 6.92 Å². The fourth-order valence-electron chi connectivity index (χ4n) is 2.40. The van der Waals surface area contributed by atoms with E-state index in [1.165, 1.54) is 0 Å². The third-order valence-electron chi connectivity index (χ3n) is 3.62. The van der Waals surface area contributed by atoms with Crippen molar-refractivity contribution in [3.05, 3.63) is 11.4 Å². The highest BCUT2D eigenvalue weighted by molar-refractivity contribution is 5.84. The van der Waals surface area contributed by atoms with Crippen molar-refractivity contribution < 1.29 is 9.53 Å². The van der Waals surface area contributed by atoms with E-state index in [1.807, 2.05) is 32.7 Å². The monoisotopic (exact) mass is 293 g/mol. The van der Waals surface area contributed by atoms with Crippen molar-refractivity contribution in [3.63, 3.8) is 0 Å². The molecule has 1 fully saturated rings. The summed E-state index contributed by atoms with van der Waals surface area (Å²) in [4.78, 5) is 22.8. The third-order valence-corrected chi connectivity index (χ3v) is 3.62. The van der Waals surface area contributed by atoms with Crippen LogP contribution < -0.4 is 16.0 Å². The number of rotatable bonds is 4. The number of ether oxygens (including phenoxy) is 1. The second-order valence-corrected chi connectivity index (χ2v) is 5.47. The molecule has 0 aliphatic carbocycles. The minimum absolute atomic E-state index is 0.199. The van der Waals surface area contributed by atoms with Crippen LogP contribution in [0.4, 0.5) is 11.6 Å². The van der Waals surface area contributed by atoms with E-state index in [-0.39, 0.29) is 5.92 Å². The second kappa shape index (κ2) is 6.26. The summed E-state index contributed by atoms with van der Waals surface area (Å²) >= 11 is 0. The maximum atomic E-state index is 11.7. The Hall–Kier alpha value is -1.89. The molecule has 1 aromatic heterocycles. The van der Waals surface area contributed by atoms with E-state index in [4.69, 9.17) is 10.5 Å². The summed E-state index contributed by atoms with van der Waals surface area (Å²) in [5.74, 6) is 2.08. The van der Waals surface area contributed by atoms with Gasteiger partial charge in [-0.1, -0.05) is 13.8 Å². The quantitative estimate of drug-likeness (QED) is 0.846. The molecule has 0 saturated carbocycles. The summed E-state index contributed by atoms with van der Waals surface area (Å²) in [5.41, 5.74) is 6.41. The number of aromatic nitrogens is 2. The minimum Gasteiger partial charge on any atom is -0.377 e. The smallest absolute Gasteiger partial charge is 0.242 e. The van der Waals surface area contributed by atoms with Gasteiger partial charge in [-0.3, -0.25) is 4.79 Å². The maximum Gasteiger partial charge on any atom is 0.242 e. The SMILES string of the molecule is CNc1nc(C(C)C)nc(N2CCOCC2C(N)=O)c1C. The summed E-state index contributed by atoms with van der Waals surface area (Å²) in [7, 11) is 1.83. The average Bonchev–Trinajstić information content (AvgIpc) is 2.47. The Morgan fingerprint density at radius 3 is 2.76 bits per heavy atom. The van der Waals surface area contributed by atoms with Crippen molar-refractivity contribution in [2.24, 2.45) is 5.73 Å². The van der Waals surface area contributed by atoms with Crippen LogP contribution in [0.25, 0.3) is 0 Å². The first kappa shape index (κ1) is 15.5. The fourth-order valence-corrected chi connectivity index (χ4v) is 2.40. The number of nitrogens with two attached hydrogens (primary N) is 1. The lowest BCUT2D eigenvalue weighted by Crippen LogP contribution is -2.53. The van der Waals surface area contributed by atoms with E-state index in [9.17, 15) is 4.79 Å². The molecule has 1 saturated heterocycles. The Kier molecular flexibility index (Phi) is 4.62. The number of morpholine rings is 1. The molecule has 0 spiro atoms. The van der Waals surface area contributed by atoms with E-state index < -0.39 is 11.9 Å². The predicted octanol–water partition coefficient (Wildman–Crippen LogP) is 0.641. The molecular weight excluding hydrogens is 270 g/mol. The molecule has 1 aliphatic rings. The molecule has 1 aromatic rings. The van der Waals surface area contributed by atoms with Crippen LogP contribution in [-0.4, -0.2) is 48.7 Å². The molecule has 21 heavy (non-hydrogen) atoms.